The van der Waals surface area contributed by atoms with E-state index in [0.29, 0.717) is 0 Å². The molecule has 9 unspecified atom stereocenters. The van der Waals surface area contributed by atoms with E-state index in [-0.39, 0.29) is 14.9 Å². The first kappa shape index (κ1) is 29.9. The van der Waals surface area contributed by atoms with E-state index >= 15 is 0 Å². The summed E-state index contributed by atoms with van der Waals surface area (Å²) in [5, 5.41) is 0. The zero-order chi connectivity index (χ0) is 21.5. The van der Waals surface area contributed by atoms with Crippen LogP contribution in [-0.2, 0) is 20.8 Å². The average molecular weight is 579 g/mol. The van der Waals surface area contributed by atoms with Gasteiger partial charge in [0.2, 0.25) is 0 Å². The molecule has 5 aliphatic carbocycles. The molecule has 5 fully saturated rings. The van der Waals surface area contributed by atoms with Crippen LogP contribution in [0.2, 0.25) is 24.2 Å². The Morgan fingerprint density at radius 1 is 0.656 bits per heavy atom. The maximum absolute atomic E-state index is 4.93. The third-order valence-electron chi connectivity index (χ3n) is 11.2. The van der Waals surface area contributed by atoms with E-state index in [1.807, 2.05) is 0 Å². The Bertz CT molecular complexity index is 568. The topological polar surface area (TPSA) is 0 Å². The Hall–Kier alpha value is 1.68. The summed E-state index contributed by atoms with van der Waals surface area (Å²) in [7, 11) is 8.68. The average Bonchev–Trinajstić information content (AvgIpc) is 3.42. The van der Waals surface area contributed by atoms with Crippen LogP contribution >= 0.6 is 17.0 Å². The standard InChI is InChI=1S/C26H46Si.2CH3.2ClH.Zr/c1-17(2)22-16-26(24-15-20-10-7-9-19(20)14-23(22)24)27(3,4)25-13-12-18-8-5-6-11-21(18)25;;;;;/h17-26H,5-16H2,1-4H3;2*1H3;2*1H;/q;2*-1;;;+4/p-2. The molecule has 0 spiro atoms. The summed E-state index contributed by atoms with van der Waals surface area (Å²) in [6.07, 6.45) is 19.2. The van der Waals surface area contributed by atoms with Crippen molar-refractivity contribution in [2.45, 2.75) is 115 Å². The number of fused-ring (bicyclic) bond motifs is 3. The van der Waals surface area contributed by atoms with Gasteiger partial charge in [-0.3, -0.25) is 0 Å². The molecule has 32 heavy (non-hydrogen) atoms. The van der Waals surface area contributed by atoms with Gasteiger partial charge >= 0.3 is 37.9 Å². The van der Waals surface area contributed by atoms with E-state index in [4.69, 9.17) is 17.0 Å². The van der Waals surface area contributed by atoms with E-state index in [2.05, 4.69) is 26.9 Å². The molecule has 0 radical (unpaired) electrons. The zero-order valence-electron chi connectivity index (χ0n) is 22.0. The summed E-state index contributed by atoms with van der Waals surface area (Å²) < 4.78 is 0. The second-order valence-electron chi connectivity index (χ2n) is 12.8. The van der Waals surface area contributed by atoms with Crippen molar-refractivity contribution in [3.05, 3.63) is 14.9 Å². The summed E-state index contributed by atoms with van der Waals surface area (Å²) in [6, 6.07) is 0. The minimum atomic E-state index is -1.19. The van der Waals surface area contributed by atoms with E-state index in [9.17, 15) is 0 Å². The van der Waals surface area contributed by atoms with Crippen LogP contribution in [0.15, 0.2) is 0 Å². The molecule has 186 valence electrons. The van der Waals surface area contributed by atoms with Gasteiger partial charge in [-0.2, -0.15) is 0 Å². The number of rotatable bonds is 3. The Labute approximate surface area is 221 Å². The van der Waals surface area contributed by atoms with Crippen molar-refractivity contribution in [3.8, 4) is 0 Å². The molecule has 0 aromatic carbocycles. The maximum atomic E-state index is 4.93. The van der Waals surface area contributed by atoms with Crippen molar-refractivity contribution < 1.29 is 20.8 Å². The Kier molecular flexibility index (Phi) is 11.9. The molecule has 0 N–H and O–H groups in total. The molecular formula is C28H52Cl2SiZr. The first-order valence-corrected chi connectivity index (χ1v) is 22.8. The Balaban J connectivity index is 0.000000690. The molecule has 0 saturated heterocycles. The van der Waals surface area contributed by atoms with Crippen LogP contribution in [0.3, 0.4) is 0 Å². The number of halogens is 2. The molecule has 5 aliphatic rings. The normalized spacial score (nSPS) is 42.4. The monoisotopic (exact) mass is 576 g/mol. The summed E-state index contributed by atoms with van der Waals surface area (Å²) in [5.41, 5.74) is 2.35. The molecule has 5 saturated carbocycles. The molecule has 0 bridgehead atoms. The molecule has 0 heterocycles. The third-order valence-corrected chi connectivity index (χ3v) is 16.4. The molecule has 4 heteroatoms. The van der Waals surface area contributed by atoms with Gasteiger partial charge in [0, 0.05) is 0 Å². The van der Waals surface area contributed by atoms with Crippen LogP contribution in [0, 0.1) is 62.2 Å². The number of hydrogen-bond donors (Lipinski definition) is 0. The van der Waals surface area contributed by atoms with Gasteiger partial charge in [0.05, 0.1) is 8.07 Å². The summed E-state index contributed by atoms with van der Waals surface area (Å²) in [6.45, 7) is 10.9. The summed E-state index contributed by atoms with van der Waals surface area (Å²) in [4.78, 5) is 0. The molecule has 0 aliphatic heterocycles. The minimum absolute atomic E-state index is 0. The van der Waals surface area contributed by atoms with Gasteiger partial charge in [-0.25, -0.2) is 0 Å². The van der Waals surface area contributed by atoms with Gasteiger partial charge in [-0.15, -0.1) is 0 Å². The fourth-order valence-corrected chi connectivity index (χ4v) is 15.3. The quantitative estimate of drug-likeness (QED) is 0.231. The van der Waals surface area contributed by atoms with Gasteiger partial charge in [0.15, 0.2) is 0 Å². The summed E-state index contributed by atoms with van der Waals surface area (Å²) in [5.74, 6) is 8.80. The fourth-order valence-electron chi connectivity index (χ4n) is 9.93. The second kappa shape index (κ2) is 12.8. The van der Waals surface area contributed by atoms with Crippen molar-refractivity contribution in [2.24, 2.45) is 47.3 Å². The Morgan fingerprint density at radius 3 is 1.84 bits per heavy atom. The van der Waals surface area contributed by atoms with Gasteiger partial charge in [-0.05, 0) is 77.7 Å². The van der Waals surface area contributed by atoms with E-state index in [1.54, 1.807) is 77.0 Å². The zero-order valence-corrected chi connectivity index (χ0v) is 27.0. The first-order chi connectivity index (χ1) is 14.4. The van der Waals surface area contributed by atoms with Gasteiger partial charge in [-0.1, -0.05) is 84.7 Å². The Morgan fingerprint density at radius 2 is 1.22 bits per heavy atom. The van der Waals surface area contributed by atoms with Gasteiger partial charge < -0.3 is 14.9 Å². The van der Waals surface area contributed by atoms with Crippen molar-refractivity contribution in [1.82, 2.24) is 0 Å². The van der Waals surface area contributed by atoms with Crippen LogP contribution in [0.25, 0.3) is 0 Å². The van der Waals surface area contributed by atoms with Crippen LogP contribution in [0.1, 0.15) is 90.9 Å². The SMILES string of the molecule is CC(C)C1CC([Si](C)(C)C2CCC3CCCCC32)C2CC3CCCC3CC12.[CH3-].[CH3-].[Cl][Zr+2][Cl]. The summed E-state index contributed by atoms with van der Waals surface area (Å²) >= 11 is -0.826. The van der Waals surface area contributed by atoms with E-state index in [1.165, 1.54) is 11.1 Å². The molecular weight excluding hydrogens is 527 g/mol. The molecule has 0 aromatic rings. The molecule has 9 atom stereocenters. The third kappa shape index (κ3) is 5.80. The van der Waals surface area contributed by atoms with Gasteiger partial charge in [0.25, 0.3) is 0 Å². The molecule has 0 aromatic heterocycles. The van der Waals surface area contributed by atoms with Crippen LogP contribution < -0.4 is 0 Å². The number of hydrogen-bond acceptors (Lipinski definition) is 0. The van der Waals surface area contributed by atoms with E-state index < -0.39 is 28.9 Å². The van der Waals surface area contributed by atoms with Crippen LogP contribution in [-0.4, -0.2) is 8.07 Å². The fraction of sp³-hybridized carbons (Fsp3) is 0.929. The van der Waals surface area contributed by atoms with Crippen molar-refractivity contribution in [1.29, 1.82) is 0 Å². The predicted octanol–water partition coefficient (Wildman–Crippen LogP) is 10.4. The van der Waals surface area contributed by atoms with Crippen LogP contribution in [0.5, 0.6) is 0 Å². The second-order valence-corrected chi connectivity index (χ2v) is 21.6. The molecule has 5 rings (SSSR count). The predicted molar refractivity (Wildman–Crippen MR) is 144 cm³/mol. The van der Waals surface area contributed by atoms with Crippen molar-refractivity contribution in [3.63, 3.8) is 0 Å². The van der Waals surface area contributed by atoms with E-state index in [0.717, 1.165) is 47.3 Å². The molecule has 0 amide bonds. The van der Waals surface area contributed by atoms with Gasteiger partial charge in [0.1, 0.15) is 0 Å². The van der Waals surface area contributed by atoms with Crippen molar-refractivity contribution >= 4 is 25.1 Å². The molecule has 0 nitrogen and oxygen atoms in total. The first-order valence-electron chi connectivity index (χ1n) is 13.3. The van der Waals surface area contributed by atoms with Crippen LogP contribution in [0.4, 0.5) is 0 Å². The van der Waals surface area contributed by atoms with Crippen molar-refractivity contribution in [2.75, 3.05) is 0 Å².